The van der Waals surface area contributed by atoms with E-state index >= 15 is 0 Å². The van der Waals surface area contributed by atoms with E-state index in [1.807, 2.05) is 13.0 Å². The minimum Gasteiger partial charge on any atom is -0.345 e. The second-order valence-electron chi connectivity index (χ2n) is 4.64. The zero-order chi connectivity index (χ0) is 15.6. The molecule has 0 fully saturated rings. The van der Waals surface area contributed by atoms with Crippen LogP contribution >= 0.6 is 27.3 Å². The molecule has 1 N–H and O–H groups in total. The van der Waals surface area contributed by atoms with E-state index in [-0.39, 0.29) is 16.8 Å². The van der Waals surface area contributed by atoms with Gasteiger partial charge in [-0.3, -0.25) is 4.79 Å². The number of hydrogen-bond donors (Lipinski definition) is 1. The first kappa shape index (κ1) is 16.2. The van der Waals surface area contributed by atoms with Gasteiger partial charge in [0.05, 0.1) is 19.6 Å². The van der Waals surface area contributed by atoms with E-state index < -0.39 is 9.84 Å². The normalized spacial score (nSPS) is 12.9. The molecule has 1 aromatic carbocycles. The minimum absolute atomic E-state index is 0.148. The molecule has 0 radical (unpaired) electrons. The second kappa shape index (κ2) is 6.29. The van der Waals surface area contributed by atoms with Gasteiger partial charge in [-0.2, -0.15) is 0 Å². The van der Waals surface area contributed by atoms with Crippen LogP contribution in [-0.4, -0.2) is 20.6 Å². The summed E-state index contributed by atoms with van der Waals surface area (Å²) in [6.07, 6.45) is 1.17. The molecule has 0 saturated heterocycles. The monoisotopic (exact) mass is 387 g/mol. The van der Waals surface area contributed by atoms with Gasteiger partial charge in [0.25, 0.3) is 5.91 Å². The van der Waals surface area contributed by atoms with Crippen molar-refractivity contribution in [2.45, 2.75) is 17.9 Å². The summed E-state index contributed by atoms with van der Waals surface area (Å²) in [6.45, 7) is 1.86. The number of halogens is 1. The van der Waals surface area contributed by atoms with Gasteiger partial charge in [-0.1, -0.05) is 12.1 Å². The Morgan fingerprint density at radius 2 is 1.81 bits per heavy atom. The third kappa shape index (κ3) is 4.15. The summed E-state index contributed by atoms with van der Waals surface area (Å²) in [7, 11) is -3.20. The number of sulfone groups is 1. The van der Waals surface area contributed by atoms with Crippen LogP contribution < -0.4 is 5.32 Å². The highest BCUT2D eigenvalue weighted by Crippen LogP contribution is 2.23. The Morgan fingerprint density at radius 3 is 2.29 bits per heavy atom. The van der Waals surface area contributed by atoms with Gasteiger partial charge in [-0.05, 0) is 52.7 Å². The van der Waals surface area contributed by atoms with Crippen LogP contribution in [0.5, 0.6) is 0 Å². The van der Waals surface area contributed by atoms with Crippen molar-refractivity contribution in [2.24, 2.45) is 0 Å². The van der Waals surface area contributed by atoms with Crippen LogP contribution in [0.1, 0.15) is 28.2 Å². The lowest BCUT2D eigenvalue weighted by Gasteiger charge is -2.14. The molecule has 4 nitrogen and oxygen atoms in total. The molecule has 1 unspecified atom stereocenters. The summed E-state index contributed by atoms with van der Waals surface area (Å²) in [4.78, 5) is 12.9. The van der Waals surface area contributed by atoms with E-state index in [1.165, 1.54) is 17.6 Å². The molecule has 7 heteroatoms. The highest BCUT2D eigenvalue weighted by molar-refractivity contribution is 9.11. The molecule has 0 bridgehead atoms. The molecule has 1 aromatic heterocycles. The van der Waals surface area contributed by atoms with E-state index in [2.05, 4.69) is 21.2 Å². The number of amides is 1. The van der Waals surface area contributed by atoms with Crippen molar-refractivity contribution in [1.82, 2.24) is 5.32 Å². The molecular weight excluding hydrogens is 374 g/mol. The molecular formula is C14H14BrNO3S2. The van der Waals surface area contributed by atoms with Gasteiger partial charge < -0.3 is 5.32 Å². The number of hydrogen-bond acceptors (Lipinski definition) is 4. The van der Waals surface area contributed by atoms with Gasteiger partial charge in [0, 0.05) is 6.26 Å². The summed E-state index contributed by atoms with van der Waals surface area (Å²) < 4.78 is 23.7. The lowest BCUT2D eigenvalue weighted by molar-refractivity contribution is 0.0944. The highest BCUT2D eigenvalue weighted by atomic mass is 79.9. The van der Waals surface area contributed by atoms with Gasteiger partial charge in [-0.25, -0.2) is 8.42 Å². The van der Waals surface area contributed by atoms with Crippen molar-refractivity contribution >= 4 is 43.0 Å². The van der Waals surface area contributed by atoms with Crippen molar-refractivity contribution in [2.75, 3.05) is 6.26 Å². The fourth-order valence-corrected chi connectivity index (χ4v) is 3.71. The maximum atomic E-state index is 12.1. The zero-order valence-electron chi connectivity index (χ0n) is 11.5. The summed E-state index contributed by atoms with van der Waals surface area (Å²) in [5.74, 6) is -0.148. The largest absolute Gasteiger partial charge is 0.345 e. The molecule has 1 amide bonds. The highest BCUT2D eigenvalue weighted by Gasteiger charge is 2.14. The number of nitrogens with one attached hydrogen (secondary N) is 1. The van der Waals surface area contributed by atoms with Crippen LogP contribution in [0.4, 0.5) is 0 Å². The first-order valence-corrected chi connectivity index (χ1v) is 9.63. The molecule has 0 saturated carbocycles. The maximum absolute atomic E-state index is 12.1. The van der Waals surface area contributed by atoms with Gasteiger partial charge in [0.15, 0.2) is 9.84 Å². The molecule has 0 aliphatic rings. The Balaban J connectivity index is 2.10. The van der Waals surface area contributed by atoms with Crippen molar-refractivity contribution in [1.29, 1.82) is 0 Å². The summed E-state index contributed by atoms with van der Waals surface area (Å²) in [6, 6.07) is 9.91. The first-order valence-electron chi connectivity index (χ1n) is 6.13. The number of benzene rings is 1. The Kier molecular flexibility index (Phi) is 4.85. The topological polar surface area (TPSA) is 63.2 Å². The Hall–Kier alpha value is -1.18. The predicted octanol–water partition coefficient (Wildman–Crippen LogP) is 3.41. The van der Waals surface area contributed by atoms with Gasteiger partial charge >= 0.3 is 0 Å². The summed E-state index contributed by atoms with van der Waals surface area (Å²) in [5.41, 5.74) is 0.853. The average molecular weight is 388 g/mol. The van der Waals surface area contributed by atoms with Gasteiger partial charge in [0.1, 0.15) is 0 Å². The molecule has 0 aliphatic carbocycles. The van der Waals surface area contributed by atoms with E-state index in [9.17, 15) is 13.2 Å². The fraction of sp³-hybridized carbons (Fsp3) is 0.214. The SMILES string of the molecule is CC(NC(=O)c1ccc(Br)s1)c1ccc(S(C)(=O)=O)cc1. The van der Waals surface area contributed by atoms with Crippen LogP contribution in [0.25, 0.3) is 0 Å². The lowest BCUT2D eigenvalue weighted by atomic mass is 10.1. The Bertz CT molecular complexity index is 751. The number of carbonyl (C=O) groups is 1. The summed E-state index contributed by atoms with van der Waals surface area (Å²) in [5, 5.41) is 2.89. The first-order chi connectivity index (χ1) is 9.77. The molecule has 1 atom stereocenters. The predicted molar refractivity (Wildman–Crippen MR) is 87.5 cm³/mol. The molecule has 1 heterocycles. The zero-order valence-corrected chi connectivity index (χ0v) is 14.7. The molecule has 112 valence electrons. The number of rotatable bonds is 4. The van der Waals surface area contributed by atoms with E-state index in [1.54, 1.807) is 30.3 Å². The van der Waals surface area contributed by atoms with Crippen LogP contribution in [-0.2, 0) is 9.84 Å². The van der Waals surface area contributed by atoms with Crippen LogP contribution in [0.15, 0.2) is 45.1 Å². The lowest BCUT2D eigenvalue weighted by Crippen LogP contribution is -2.25. The second-order valence-corrected chi connectivity index (χ2v) is 9.12. The van der Waals surface area contributed by atoms with E-state index in [0.717, 1.165) is 9.35 Å². The maximum Gasteiger partial charge on any atom is 0.261 e. The minimum atomic E-state index is -3.20. The van der Waals surface area contributed by atoms with Gasteiger partial charge in [-0.15, -0.1) is 11.3 Å². The van der Waals surface area contributed by atoms with Crippen LogP contribution in [0.3, 0.4) is 0 Å². The molecule has 2 aromatic rings. The molecule has 2 rings (SSSR count). The molecule has 21 heavy (non-hydrogen) atoms. The van der Waals surface area contributed by atoms with Crippen molar-refractivity contribution in [3.05, 3.63) is 50.6 Å². The van der Waals surface area contributed by atoms with E-state index in [0.29, 0.717) is 4.88 Å². The molecule has 0 spiro atoms. The average Bonchev–Trinajstić information content (AvgIpc) is 2.84. The Morgan fingerprint density at radius 1 is 1.19 bits per heavy atom. The quantitative estimate of drug-likeness (QED) is 0.873. The van der Waals surface area contributed by atoms with Crippen LogP contribution in [0, 0.1) is 0 Å². The summed E-state index contributed by atoms with van der Waals surface area (Å²) >= 11 is 4.68. The van der Waals surface area contributed by atoms with Gasteiger partial charge in [0.2, 0.25) is 0 Å². The van der Waals surface area contributed by atoms with Crippen LogP contribution in [0.2, 0.25) is 0 Å². The number of carbonyl (C=O) groups excluding carboxylic acids is 1. The Labute approximate surface area is 136 Å². The fourth-order valence-electron chi connectivity index (χ4n) is 1.79. The third-order valence-corrected chi connectivity index (χ3v) is 5.70. The number of thiophene rings is 1. The smallest absolute Gasteiger partial charge is 0.261 e. The molecule has 0 aliphatic heterocycles. The van der Waals surface area contributed by atoms with Crippen molar-refractivity contribution in [3.63, 3.8) is 0 Å². The third-order valence-electron chi connectivity index (χ3n) is 2.95. The van der Waals surface area contributed by atoms with Crippen molar-refractivity contribution in [3.8, 4) is 0 Å². The van der Waals surface area contributed by atoms with Crippen molar-refractivity contribution < 1.29 is 13.2 Å². The van der Waals surface area contributed by atoms with E-state index in [4.69, 9.17) is 0 Å². The standard InChI is InChI=1S/C14H14BrNO3S2/c1-9(16-14(17)12-7-8-13(15)20-12)10-3-5-11(6-4-10)21(2,18)19/h3-9H,1-2H3,(H,16,17).